The van der Waals surface area contributed by atoms with Gasteiger partial charge in [-0.3, -0.25) is 5.10 Å². The van der Waals surface area contributed by atoms with Gasteiger partial charge in [0.05, 0.1) is 7.11 Å². The van der Waals surface area contributed by atoms with Crippen LogP contribution in [0.5, 0.6) is 5.75 Å². The Kier molecular flexibility index (Phi) is 3.55. The zero-order valence-corrected chi connectivity index (χ0v) is 12.7. The fourth-order valence-corrected chi connectivity index (χ4v) is 2.78. The summed E-state index contributed by atoms with van der Waals surface area (Å²) in [6.45, 7) is 2.01. The second-order valence-electron chi connectivity index (χ2n) is 5.55. The van der Waals surface area contributed by atoms with E-state index in [-0.39, 0.29) is 0 Å². The van der Waals surface area contributed by atoms with Crippen LogP contribution in [0.1, 0.15) is 18.0 Å². The van der Waals surface area contributed by atoms with Gasteiger partial charge in [-0.1, -0.05) is 17.3 Å². The van der Waals surface area contributed by atoms with Crippen molar-refractivity contribution in [3.8, 4) is 28.7 Å². The van der Waals surface area contributed by atoms with Gasteiger partial charge in [-0.15, -0.1) is 0 Å². The van der Waals surface area contributed by atoms with Crippen LogP contribution in [0.4, 0.5) is 0 Å². The van der Waals surface area contributed by atoms with E-state index in [1.54, 1.807) is 7.11 Å². The highest BCUT2D eigenvalue weighted by Crippen LogP contribution is 2.27. The molecule has 0 amide bonds. The standard InChI is InChI=1S/C16H17N5O2/c1-22-12-4-2-3-10(7-12)15-18-16(23-21-15)14-8-13(19-20-14)11-5-6-17-9-11/h2-4,7-8,11,17H,5-6,9H2,1H3,(H,19,20). The van der Waals surface area contributed by atoms with E-state index < -0.39 is 0 Å². The summed E-state index contributed by atoms with van der Waals surface area (Å²) in [5.74, 6) is 2.16. The molecule has 3 heterocycles. The lowest BCUT2D eigenvalue weighted by Gasteiger charge is -2.02. The summed E-state index contributed by atoms with van der Waals surface area (Å²) in [6, 6.07) is 9.54. The van der Waals surface area contributed by atoms with Gasteiger partial charge in [0.15, 0.2) is 5.69 Å². The smallest absolute Gasteiger partial charge is 0.278 e. The maximum atomic E-state index is 5.35. The molecule has 23 heavy (non-hydrogen) atoms. The number of aromatic nitrogens is 4. The van der Waals surface area contributed by atoms with Gasteiger partial charge in [0, 0.05) is 23.7 Å². The number of nitrogens with one attached hydrogen (secondary N) is 2. The lowest BCUT2D eigenvalue weighted by molar-refractivity contribution is 0.414. The number of ether oxygens (including phenoxy) is 1. The van der Waals surface area contributed by atoms with E-state index in [9.17, 15) is 0 Å². The molecule has 118 valence electrons. The Bertz CT molecular complexity index is 804. The summed E-state index contributed by atoms with van der Waals surface area (Å²) in [6.07, 6.45) is 1.11. The first kappa shape index (κ1) is 14.0. The fourth-order valence-electron chi connectivity index (χ4n) is 2.78. The first-order valence-electron chi connectivity index (χ1n) is 7.58. The maximum absolute atomic E-state index is 5.35. The monoisotopic (exact) mass is 311 g/mol. The maximum Gasteiger partial charge on any atom is 0.278 e. The van der Waals surface area contributed by atoms with Gasteiger partial charge in [-0.25, -0.2) is 0 Å². The van der Waals surface area contributed by atoms with Gasteiger partial charge in [0.25, 0.3) is 5.89 Å². The summed E-state index contributed by atoms with van der Waals surface area (Å²) in [5, 5.41) is 14.8. The number of hydrogen-bond acceptors (Lipinski definition) is 6. The molecule has 0 aliphatic carbocycles. The van der Waals surface area contributed by atoms with Crippen molar-refractivity contribution in [2.45, 2.75) is 12.3 Å². The molecule has 0 saturated carbocycles. The van der Waals surface area contributed by atoms with E-state index in [1.807, 2.05) is 30.3 Å². The van der Waals surface area contributed by atoms with Crippen molar-refractivity contribution >= 4 is 0 Å². The molecular weight excluding hydrogens is 294 g/mol. The molecule has 0 bridgehead atoms. The van der Waals surface area contributed by atoms with Crippen LogP contribution in [0.2, 0.25) is 0 Å². The van der Waals surface area contributed by atoms with Crippen molar-refractivity contribution in [3.63, 3.8) is 0 Å². The highest BCUT2D eigenvalue weighted by atomic mass is 16.5. The molecule has 2 aromatic heterocycles. The average Bonchev–Trinajstić information content (AvgIpc) is 3.34. The molecule has 0 spiro atoms. The summed E-state index contributed by atoms with van der Waals surface area (Å²) >= 11 is 0. The van der Waals surface area contributed by atoms with E-state index in [4.69, 9.17) is 9.26 Å². The highest BCUT2D eigenvalue weighted by Gasteiger charge is 2.21. The van der Waals surface area contributed by atoms with Crippen molar-refractivity contribution in [2.75, 3.05) is 20.2 Å². The average molecular weight is 311 g/mol. The van der Waals surface area contributed by atoms with Crippen molar-refractivity contribution in [3.05, 3.63) is 36.0 Å². The number of H-pyrrole nitrogens is 1. The molecule has 1 fully saturated rings. The third-order valence-corrected chi connectivity index (χ3v) is 4.07. The highest BCUT2D eigenvalue weighted by molar-refractivity contribution is 5.59. The molecule has 7 heteroatoms. The van der Waals surface area contributed by atoms with Gasteiger partial charge >= 0.3 is 0 Å². The third-order valence-electron chi connectivity index (χ3n) is 4.07. The summed E-state index contributed by atoms with van der Waals surface area (Å²) < 4.78 is 10.6. The normalized spacial score (nSPS) is 17.5. The van der Waals surface area contributed by atoms with Crippen LogP contribution in [0.25, 0.3) is 23.0 Å². The Labute approximate surface area is 133 Å². The number of benzene rings is 1. The van der Waals surface area contributed by atoms with Crippen LogP contribution < -0.4 is 10.1 Å². The summed E-state index contributed by atoms with van der Waals surface area (Å²) in [4.78, 5) is 4.43. The molecule has 1 atom stereocenters. The summed E-state index contributed by atoms with van der Waals surface area (Å²) in [5.41, 5.74) is 2.62. The van der Waals surface area contributed by atoms with E-state index >= 15 is 0 Å². The Hall–Kier alpha value is -2.67. The Morgan fingerprint density at radius 3 is 3.09 bits per heavy atom. The van der Waals surface area contributed by atoms with Crippen LogP contribution in [-0.4, -0.2) is 40.5 Å². The molecule has 1 saturated heterocycles. The predicted molar refractivity (Wildman–Crippen MR) is 84.1 cm³/mol. The summed E-state index contributed by atoms with van der Waals surface area (Å²) in [7, 11) is 1.63. The van der Waals surface area contributed by atoms with Gasteiger partial charge in [0.1, 0.15) is 5.75 Å². The minimum atomic E-state index is 0.413. The molecule has 3 aromatic rings. The second kappa shape index (κ2) is 5.85. The molecule has 1 aromatic carbocycles. The van der Waals surface area contributed by atoms with Crippen LogP contribution >= 0.6 is 0 Å². The van der Waals surface area contributed by atoms with Crippen LogP contribution in [0.3, 0.4) is 0 Å². The van der Waals surface area contributed by atoms with Crippen molar-refractivity contribution in [1.29, 1.82) is 0 Å². The number of hydrogen-bond donors (Lipinski definition) is 2. The quantitative estimate of drug-likeness (QED) is 0.768. The number of rotatable bonds is 4. The Balaban J connectivity index is 1.60. The van der Waals surface area contributed by atoms with Gasteiger partial charge in [-0.05, 0) is 31.2 Å². The van der Waals surface area contributed by atoms with Gasteiger partial charge < -0.3 is 14.6 Å². The van der Waals surface area contributed by atoms with Crippen molar-refractivity contribution in [2.24, 2.45) is 0 Å². The second-order valence-corrected chi connectivity index (χ2v) is 5.55. The largest absolute Gasteiger partial charge is 0.497 e. The topological polar surface area (TPSA) is 88.9 Å². The van der Waals surface area contributed by atoms with Crippen molar-refractivity contribution < 1.29 is 9.26 Å². The molecule has 2 N–H and O–H groups in total. The van der Waals surface area contributed by atoms with Gasteiger partial charge in [0.2, 0.25) is 5.82 Å². The third kappa shape index (κ3) is 2.70. The minimum absolute atomic E-state index is 0.413. The molecule has 1 unspecified atom stereocenters. The van der Waals surface area contributed by atoms with Crippen LogP contribution in [0.15, 0.2) is 34.9 Å². The number of aromatic amines is 1. The first-order chi connectivity index (χ1) is 11.3. The number of methoxy groups -OCH3 is 1. The lowest BCUT2D eigenvalue weighted by Crippen LogP contribution is -2.08. The predicted octanol–water partition coefficient (Wildman–Crippen LogP) is 2.21. The Morgan fingerprint density at radius 2 is 2.26 bits per heavy atom. The lowest BCUT2D eigenvalue weighted by atomic mass is 10.1. The van der Waals surface area contributed by atoms with Crippen molar-refractivity contribution in [1.82, 2.24) is 25.7 Å². The van der Waals surface area contributed by atoms with Crippen LogP contribution in [-0.2, 0) is 0 Å². The molecule has 1 aliphatic rings. The van der Waals surface area contributed by atoms with E-state index in [2.05, 4.69) is 25.7 Å². The van der Waals surface area contributed by atoms with Crippen LogP contribution in [0, 0.1) is 0 Å². The molecular formula is C16H17N5O2. The molecule has 4 rings (SSSR count). The minimum Gasteiger partial charge on any atom is -0.497 e. The molecule has 0 radical (unpaired) electrons. The number of nitrogens with zero attached hydrogens (tertiary/aromatic N) is 3. The zero-order chi connectivity index (χ0) is 15.6. The molecule has 1 aliphatic heterocycles. The van der Waals surface area contributed by atoms with E-state index in [0.29, 0.717) is 23.3 Å². The fraction of sp³-hybridized carbons (Fsp3) is 0.312. The zero-order valence-electron chi connectivity index (χ0n) is 12.7. The SMILES string of the molecule is COc1cccc(-c2noc(-c3cc(C4CCNC4)[nH]n3)n2)c1. The first-order valence-corrected chi connectivity index (χ1v) is 7.58. The Morgan fingerprint density at radius 1 is 1.30 bits per heavy atom. The van der Waals surface area contributed by atoms with E-state index in [0.717, 1.165) is 36.5 Å². The van der Waals surface area contributed by atoms with Gasteiger partial charge in [-0.2, -0.15) is 10.1 Å². The molecule has 7 nitrogen and oxygen atoms in total. The van der Waals surface area contributed by atoms with E-state index in [1.165, 1.54) is 0 Å².